The van der Waals surface area contributed by atoms with Gasteiger partial charge in [0, 0.05) is 6.61 Å². The van der Waals surface area contributed by atoms with Crippen LogP contribution in [-0.4, -0.2) is 59.5 Å². The zero-order valence-corrected chi connectivity index (χ0v) is 15.0. The molecule has 2 rings (SSSR count). The Hall–Kier alpha value is -0.200. The van der Waals surface area contributed by atoms with Gasteiger partial charge in [-0.3, -0.25) is 0 Å². The third kappa shape index (κ3) is 4.01. The number of hydrogen-bond donors (Lipinski definition) is 1. The lowest BCUT2D eigenvalue weighted by molar-refractivity contribution is -0.0875. The molecule has 6 unspecified atom stereocenters. The van der Waals surface area contributed by atoms with Crippen LogP contribution in [0.2, 0.25) is 0 Å². The average molecular weight is 316 g/mol. The Bertz CT molecular complexity index is 379. The molecule has 130 valence electrons. The smallest absolute Gasteiger partial charge is 0.115 e. The Balaban J connectivity index is 1.83. The molecule has 2 aliphatic heterocycles. The molecule has 2 aliphatic rings. The maximum absolute atomic E-state index is 9.59. The number of aliphatic hydroxyl groups excluding tert-OH is 1. The molecule has 5 heteroatoms. The van der Waals surface area contributed by atoms with Crippen LogP contribution in [0.4, 0.5) is 0 Å². The summed E-state index contributed by atoms with van der Waals surface area (Å²) in [6.07, 6.45) is 0.434. The van der Waals surface area contributed by atoms with Crippen LogP contribution in [-0.2, 0) is 18.9 Å². The monoisotopic (exact) mass is 316 g/mol. The minimum atomic E-state index is -0.463. The molecule has 0 bridgehead atoms. The van der Waals surface area contributed by atoms with Crippen LogP contribution in [0.25, 0.3) is 0 Å². The van der Waals surface area contributed by atoms with Gasteiger partial charge >= 0.3 is 0 Å². The van der Waals surface area contributed by atoms with E-state index in [4.69, 9.17) is 18.9 Å². The second kappa shape index (κ2) is 6.36. The van der Waals surface area contributed by atoms with Crippen LogP contribution in [0.1, 0.15) is 54.9 Å². The van der Waals surface area contributed by atoms with Gasteiger partial charge in [-0.1, -0.05) is 6.92 Å². The van der Waals surface area contributed by atoms with Gasteiger partial charge in [-0.2, -0.15) is 0 Å². The summed E-state index contributed by atoms with van der Waals surface area (Å²) in [5.74, 6) is 0. The van der Waals surface area contributed by atoms with Crippen molar-refractivity contribution in [1.82, 2.24) is 0 Å². The molecule has 22 heavy (non-hydrogen) atoms. The largest absolute Gasteiger partial charge is 0.391 e. The quantitative estimate of drug-likeness (QED) is 0.661. The number of aliphatic hydroxyl groups is 1. The SMILES string of the molecule is CCCOC(C)(C)C1OC1C(C)OC(C)(C)C1OC1C(C)O. The maximum atomic E-state index is 9.59. The fourth-order valence-electron chi connectivity index (χ4n) is 3.15. The normalized spacial score (nSPS) is 34.4. The first-order chi connectivity index (χ1) is 10.1. The molecule has 0 radical (unpaired) electrons. The molecule has 1 N–H and O–H groups in total. The molecule has 2 saturated heterocycles. The molecule has 0 aliphatic carbocycles. The van der Waals surface area contributed by atoms with Crippen LogP contribution in [0.5, 0.6) is 0 Å². The van der Waals surface area contributed by atoms with Crippen molar-refractivity contribution >= 4 is 0 Å². The molecule has 0 saturated carbocycles. The van der Waals surface area contributed by atoms with Crippen LogP contribution in [0.15, 0.2) is 0 Å². The summed E-state index contributed by atoms with van der Waals surface area (Å²) >= 11 is 0. The molecular weight excluding hydrogens is 284 g/mol. The molecule has 0 amide bonds. The first-order valence-corrected chi connectivity index (χ1v) is 8.41. The molecular formula is C17H32O5. The second-order valence-corrected chi connectivity index (χ2v) is 7.66. The van der Waals surface area contributed by atoms with Gasteiger partial charge in [0.25, 0.3) is 0 Å². The number of rotatable bonds is 9. The number of ether oxygens (including phenoxy) is 4. The summed E-state index contributed by atoms with van der Waals surface area (Å²) in [6, 6.07) is 0. The van der Waals surface area contributed by atoms with Gasteiger partial charge in [0.15, 0.2) is 0 Å². The van der Waals surface area contributed by atoms with Crippen molar-refractivity contribution in [2.45, 2.75) is 103 Å². The van der Waals surface area contributed by atoms with Crippen molar-refractivity contribution < 1.29 is 24.1 Å². The van der Waals surface area contributed by atoms with Gasteiger partial charge in [-0.05, 0) is 48.0 Å². The van der Waals surface area contributed by atoms with E-state index in [1.165, 1.54) is 0 Å². The fraction of sp³-hybridized carbons (Fsp3) is 1.00. The molecule has 5 nitrogen and oxygen atoms in total. The lowest BCUT2D eigenvalue weighted by Crippen LogP contribution is -2.41. The van der Waals surface area contributed by atoms with Gasteiger partial charge < -0.3 is 24.1 Å². The van der Waals surface area contributed by atoms with E-state index in [1.54, 1.807) is 6.92 Å². The summed E-state index contributed by atoms with van der Waals surface area (Å²) in [5.41, 5.74) is -0.730. The summed E-state index contributed by atoms with van der Waals surface area (Å²) in [5, 5.41) is 9.59. The number of epoxide rings is 2. The van der Waals surface area contributed by atoms with E-state index in [9.17, 15) is 5.11 Å². The summed E-state index contributed by atoms with van der Waals surface area (Å²) in [6.45, 7) is 14.8. The third-order valence-corrected chi connectivity index (χ3v) is 4.53. The van der Waals surface area contributed by atoms with Crippen LogP contribution >= 0.6 is 0 Å². The molecule has 0 aromatic carbocycles. The van der Waals surface area contributed by atoms with Crippen molar-refractivity contribution in [3.63, 3.8) is 0 Å². The average Bonchev–Trinajstić information content (AvgIpc) is 3.27. The van der Waals surface area contributed by atoms with E-state index >= 15 is 0 Å². The molecule has 2 heterocycles. The van der Waals surface area contributed by atoms with Crippen molar-refractivity contribution in [3.05, 3.63) is 0 Å². The molecule has 0 aromatic heterocycles. The van der Waals surface area contributed by atoms with Crippen molar-refractivity contribution in [2.24, 2.45) is 0 Å². The van der Waals surface area contributed by atoms with Gasteiger partial charge in [0.2, 0.25) is 0 Å². The van der Waals surface area contributed by atoms with E-state index in [0.717, 1.165) is 13.0 Å². The van der Waals surface area contributed by atoms with E-state index < -0.39 is 11.7 Å². The predicted molar refractivity (Wildman–Crippen MR) is 84.0 cm³/mol. The summed E-state index contributed by atoms with van der Waals surface area (Å²) in [7, 11) is 0. The third-order valence-electron chi connectivity index (χ3n) is 4.53. The topological polar surface area (TPSA) is 63.8 Å². The Labute approximate surface area is 134 Å². The Morgan fingerprint density at radius 1 is 1.00 bits per heavy atom. The summed E-state index contributed by atoms with van der Waals surface area (Å²) in [4.78, 5) is 0. The standard InChI is InChI=1S/C17H32O5/c1-8-9-19-16(4,5)15-13(21-15)11(3)22-17(6,7)14-12(20-14)10(2)18/h10-15,18H,8-9H2,1-7H3. The minimum absolute atomic E-state index is 0.0386. The lowest BCUT2D eigenvalue weighted by atomic mass is 9.97. The Morgan fingerprint density at radius 3 is 2.05 bits per heavy atom. The highest BCUT2D eigenvalue weighted by Gasteiger charge is 2.57. The van der Waals surface area contributed by atoms with Crippen LogP contribution in [0, 0.1) is 0 Å². The minimum Gasteiger partial charge on any atom is -0.391 e. The first-order valence-electron chi connectivity index (χ1n) is 8.41. The molecule has 0 spiro atoms. The predicted octanol–water partition coefficient (Wildman–Crippen LogP) is 2.29. The van der Waals surface area contributed by atoms with Crippen molar-refractivity contribution in [3.8, 4) is 0 Å². The zero-order valence-electron chi connectivity index (χ0n) is 15.0. The van der Waals surface area contributed by atoms with E-state index in [1.807, 2.05) is 20.8 Å². The maximum Gasteiger partial charge on any atom is 0.115 e. The van der Waals surface area contributed by atoms with Crippen LogP contribution in [0.3, 0.4) is 0 Å². The van der Waals surface area contributed by atoms with Gasteiger partial charge in [-0.15, -0.1) is 0 Å². The van der Waals surface area contributed by atoms with Crippen molar-refractivity contribution in [1.29, 1.82) is 0 Å². The Morgan fingerprint density at radius 2 is 1.55 bits per heavy atom. The lowest BCUT2D eigenvalue weighted by Gasteiger charge is -2.29. The van der Waals surface area contributed by atoms with E-state index in [2.05, 4.69) is 20.8 Å². The first kappa shape index (κ1) is 18.1. The Kier molecular flexibility index (Phi) is 5.25. The molecule has 0 aromatic rings. The highest BCUT2D eigenvalue weighted by atomic mass is 16.7. The van der Waals surface area contributed by atoms with Gasteiger partial charge in [0.05, 0.1) is 23.4 Å². The highest BCUT2D eigenvalue weighted by molar-refractivity contribution is 5.04. The molecule has 6 atom stereocenters. The van der Waals surface area contributed by atoms with E-state index in [0.29, 0.717) is 0 Å². The molecule has 2 fully saturated rings. The van der Waals surface area contributed by atoms with E-state index in [-0.39, 0.29) is 36.1 Å². The summed E-state index contributed by atoms with van der Waals surface area (Å²) < 4.78 is 23.4. The van der Waals surface area contributed by atoms with Crippen LogP contribution < -0.4 is 0 Å². The number of hydrogen-bond acceptors (Lipinski definition) is 5. The zero-order chi connectivity index (χ0) is 16.7. The highest BCUT2D eigenvalue weighted by Crippen LogP contribution is 2.42. The fourth-order valence-corrected chi connectivity index (χ4v) is 3.15. The van der Waals surface area contributed by atoms with Gasteiger partial charge in [0.1, 0.15) is 24.4 Å². The van der Waals surface area contributed by atoms with Crippen molar-refractivity contribution in [2.75, 3.05) is 6.61 Å². The van der Waals surface area contributed by atoms with Gasteiger partial charge in [-0.25, -0.2) is 0 Å². The second-order valence-electron chi connectivity index (χ2n) is 7.66.